The van der Waals surface area contributed by atoms with Crippen molar-refractivity contribution in [3.63, 3.8) is 0 Å². The number of sulfone groups is 1. The third kappa shape index (κ3) is 7.86. The van der Waals surface area contributed by atoms with E-state index in [0.29, 0.717) is 11.5 Å². The molecule has 0 unspecified atom stereocenters. The van der Waals surface area contributed by atoms with Gasteiger partial charge in [0.05, 0.1) is 21.8 Å². The summed E-state index contributed by atoms with van der Waals surface area (Å²) < 4.78 is 32.3. The highest BCUT2D eigenvalue weighted by molar-refractivity contribution is 7.92. The molecule has 0 radical (unpaired) electrons. The molecular weight excluding hydrogens is 510 g/mol. The molecule has 1 fully saturated rings. The van der Waals surface area contributed by atoms with Gasteiger partial charge in [-0.1, -0.05) is 18.2 Å². The Hall–Kier alpha value is -3.28. The summed E-state index contributed by atoms with van der Waals surface area (Å²) in [5.74, 6) is -0.365. The first-order valence-electron chi connectivity index (χ1n) is 12.4. The van der Waals surface area contributed by atoms with Crippen LogP contribution in [0.3, 0.4) is 0 Å². The summed E-state index contributed by atoms with van der Waals surface area (Å²) in [6, 6.07) is 15.2. The maximum absolute atomic E-state index is 14.0. The Bertz CT molecular complexity index is 1230. The SMILES string of the molecule is CC(=O)NC(=O)CN1CCC(CC(=O)NOC(C)(C)C)(S(=O)(=O)c2ccc(Oc3ccccc3)cc2)CC1. The fourth-order valence-electron chi connectivity index (χ4n) is 4.20. The number of amides is 3. The van der Waals surface area contributed by atoms with Crippen molar-refractivity contribution in [2.24, 2.45) is 0 Å². The molecule has 3 amide bonds. The van der Waals surface area contributed by atoms with Crippen molar-refractivity contribution < 1.29 is 32.4 Å². The first-order valence-corrected chi connectivity index (χ1v) is 13.9. The van der Waals surface area contributed by atoms with E-state index in [0.717, 1.165) is 0 Å². The molecule has 0 saturated carbocycles. The minimum absolute atomic E-state index is 0.0411. The van der Waals surface area contributed by atoms with Gasteiger partial charge in [0.15, 0.2) is 9.84 Å². The molecular formula is C27H35N3O7S. The number of ether oxygens (including phenoxy) is 1. The maximum Gasteiger partial charge on any atom is 0.245 e. The molecule has 0 spiro atoms. The highest BCUT2D eigenvalue weighted by Crippen LogP contribution is 2.39. The maximum atomic E-state index is 14.0. The zero-order chi connectivity index (χ0) is 28.0. The topological polar surface area (TPSA) is 131 Å². The second-order valence-electron chi connectivity index (χ2n) is 10.4. The van der Waals surface area contributed by atoms with E-state index in [4.69, 9.17) is 9.57 Å². The Morgan fingerprint density at radius 1 is 0.921 bits per heavy atom. The lowest BCUT2D eigenvalue weighted by molar-refractivity contribution is -0.146. The molecule has 38 heavy (non-hydrogen) atoms. The normalized spacial score (nSPS) is 15.9. The van der Waals surface area contributed by atoms with Crippen LogP contribution >= 0.6 is 0 Å². The fourth-order valence-corrected chi connectivity index (χ4v) is 6.23. The number of hydrogen-bond acceptors (Lipinski definition) is 8. The quantitative estimate of drug-likeness (QED) is 0.460. The molecule has 0 bridgehead atoms. The zero-order valence-corrected chi connectivity index (χ0v) is 23.0. The van der Waals surface area contributed by atoms with E-state index in [1.165, 1.54) is 19.1 Å². The molecule has 1 heterocycles. The van der Waals surface area contributed by atoms with Crippen molar-refractivity contribution in [3.8, 4) is 11.5 Å². The lowest BCUT2D eigenvalue weighted by Gasteiger charge is -2.40. The van der Waals surface area contributed by atoms with Gasteiger partial charge in [-0.15, -0.1) is 0 Å². The van der Waals surface area contributed by atoms with Crippen LogP contribution < -0.4 is 15.5 Å². The predicted molar refractivity (Wildman–Crippen MR) is 141 cm³/mol. The van der Waals surface area contributed by atoms with Gasteiger partial charge < -0.3 is 4.74 Å². The number of nitrogens with one attached hydrogen (secondary N) is 2. The summed E-state index contributed by atoms with van der Waals surface area (Å²) in [6.45, 7) is 7.03. The van der Waals surface area contributed by atoms with E-state index in [1.807, 2.05) is 18.2 Å². The highest BCUT2D eigenvalue weighted by Gasteiger charge is 2.48. The van der Waals surface area contributed by atoms with Crippen LogP contribution in [-0.4, -0.2) is 61.0 Å². The van der Waals surface area contributed by atoms with Crippen molar-refractivity contribution in [2.75, 3.05) is 19.6 Å². The average molecular weight is 546 g/mol. The van der Waals surface area contributed by atoms with E-state index < -0.39 is 37.9 Å². The van der Waals surface area contributed by atoms with Gasteiger partial charge in [0.25, 0.3) is 0 Å². The number of hydrogen-bond donors (Lipinski definition) is 2. The predicted octanol–water partition coefficient (Wildman–Crippen LogP) is 2.99. The van der Waals surface area contributed by atoms with Crippen molar-refractivity contribution in [2.45, 2.75) is 62.2 Å². The number of carbonyl (C=O) groups excluding carboxylic acids is 3. The van der Waals surface area contributed by atoms with Gasteiger partial charge in [0.1, 0.15) is 11.5 Å². The number of imide groups is 1. The summed E-state index contributed by atoms with van der Waals surface area (Å²) in [7, 11) is -3.99. The Balaban J connectivity index is 1.81. The standard InChI is InChI=1S/C27H35N3O7S/c1-20(31)28-25(33)19-30-16-14-27(15-17-30,18-24(32)29-37-26(2,3)4)38(34,35)23-12-10-22(11-13-23)36-21-8-6-5-7-9-21/h5-13H,14-19H2,1-4H3,(H,29,32)(H,28,31,33). The smallest absolute Gasteiger partial charge is 0.245 e. The average Bonchev–Trinajstić information content (AvgIpc) is 2.84. The molecule has 0 atom stereocenters. The molecule has 1 saturated heterocycles. The number of hydroxylamine groups is 1. The van der Waals surface area contributed by atoms with Gasteiger partial charge in [0.2, 0.25) is 17.7 Å². The van der Waals surface area contributed by atoms with E-state index >= 15 is 0 Å². The monoisotopic (exact) mass is 545 g/mol. The number of para-hydroxylation sites is 1. The van der Waals surface area contributed by atoms with Crippen LogP contribution in [0, 0.1) is 0 Å². The van der Waals surface area contributed by atoms with Crippen LogP contribution in [0.25, 0.3) is 0 Å². The third-order valence-electron chi connectivity index (χ3n) is 6.09. The minimum atomic E-state index is -3.99. The molecule has 206 valence electrons. The fraction of sp³-hybridized carbons (Fsp3) is 0.444. The van der Waals surface area contributed by atoms with Crippen molar-refractivity contribution in [1.82, 2.24) is 15.7 Å². The van der Waals surface area contributed by atoms with E-state index in [2.05, 4.69) is 10.8 Å². The molecule has 2 aromatic carbocycles. The highest BCUT2D eigenvalue weighted by atomic mass is 32.2. The summed E-state index contributed by atoms with van der Waals surface area (Å²) in [5.41, 5.74) is 1.73. The Morgan fingerprint density at radius 3 is 2.05 bits per heavy atom. The van der Waals surface area contributed by atoms with Crippen molar-refractivity contribution in [3.05, 3.63) is 54.6 Å². The Labute approximate surface area is 223 Å². The largest absolute Gasteiger partial charge is 0.457 e. The first kappa shape index (κ1) is 29.3. The zero-order valence-electron chi connectivity index (χ0n) is 22.2. The van der Waals surface area contributed by atoms with Crippen LogP contribution in [0.2, 0.25) is 0 Å². The second kappa shape index (κ2) is 12.1. The van der Waals surface area contributed by atoms with Gasteiger partial charge in [-0.2, -0.15) is 0 Å². The molecule has 11 heteroatoms. The molecule has 3 rings (SSSR count). The van der Waals surface area contributed by atoms with Crippen LogP contribution in [0.5, 0.6) is 11.5 Å². The van der Waals surface area contributed by atoms with Gasteiger partial charge in [0, 0.05) is 26.4 Å². The number of rotatable bonds is 9. The molecule has 0 aliphatic carbocycles. The number of benzene rings is 2. The summed E-state index contributed by atoms with van der Waals surface area (Å²) in [4.78, 5) is 43.3. The minimum Gasteiger partial charge on any atom is -0.457 e. The van der Waals surface area contributed by atoms with Crippen molar-refractivity contribution >= 4 is 27.6 Å². The third-order valence-corrected chi connectivity index (χ3v) is 8.67. The molecule has 1 aliphatic rings. The van der Waals surface area contributed by atoms with Gasteiger partial charge in [-0.3, -0.25) is 29.4 Å². The van der Waals surface area contributed by atoms with Gasteiger partial charge in [-0.25, -0.2) is 13.9 Å². The first-order chi connectivity index (χ1) is 17.8. The molecule has 2 aromatic rings. The van der Waals surface area contributed by atoms with E-state index in [1.54, 1.807) is 49.9 Å². The Morgan fingerprint density at radius 2 is 1.50 bits per heavy atom. The molecule has 0 aromatic heterocycles. The van der Waals surface area contributed by atoms with Crippen LogP contribution in [0.1, 0.15) is 47.0 Å². The van der Waals surface area contributed by atoms with Crippen LogP contribution in [0.15, 0.2) is 59.5 Å². The summed E-state index contributed by atoms with van der Waals surface area (Å²) >= 11 is 0. The van der Waals surface area contributed by atoms with E-state index in [-0.39, 0.29) is 43.8 Å². The van der Waals surface area contributed by atoms with Gasteiger partial charge in [-0.05, 0) is 70.0 Å². The molecule has 10 nitrogen and oxygen atoms in total. The van der Waals surface area contributed by atoms with E-state index in [9.17, 15) is 22.8 Å². The number of nitrogens with zero attached hydrogens (tertiary/aromatic N) is 1. The summed E-state index contributed by atoms with van der Waals surface area (Å²) in [6.07, 6.45) is -0.0665. The lowest BCUT2D eigenvalue weighted by Crippen LogP contribution is -2.53. The molecule has 2 N–H and O–H groups in total. The number of carbonyl (C=O) groups is 3. The van der Waals surface area contributed by atoms with Gasteiger partial charge >= 0.3 is 0 Å². The van der Waals surface area contributed by atoms with Crippen LogP contribution in [-0.2, 0) is 29.1 Å². The number of likely N-dealkylation sites (tertiary alicyclic amines) is 1. The Kier molecular flexibility index (Phi) is 9.29. The summed E-state index contributed by atoms with van der Waals surface area (Å²) in [5, 5.41) is 2.22. The van der Waals surface area contributed by atoms with Crippen LogP contribution in [0.4, 0.5) is 0 Å². The molecule has 1 aliphatic heterocycles. The second-order valence-corrected chi connectivity index (χ2v) is 12.7. The number of piperidine rings is 1. The van der Waals surface area contributed by atoms with Crippen molar-refractivity contribution in [1.29, 1.82) is 0 Å². The lowest BCUT2D eigenvalue weighted by atomic mass is 9.92.